The highest BCUT2D eigenvalue weighted by atomic mass is 79.9. The van der Waals surface area contributed by atoms with Crippen LogP contribution >= 0.6 is 15.9 Å². The van der Waals surface area contributed by atoms with Gasteiger partial charge in [0.05, 0.1) is 0 Å². The third-order valence-electron chi connectivity index (χ3n) is 3.87. The Morgan fingerprint density at radius 2 is 1.76 bits per heavy atom. The summed E-state index contributed by atoms with van der Waals surface area (Å²) in [5, 5.41) is 0. The van der Waals surface area contributed by atoms with Crippen molar-refractivity contribution in [1.29, 1.82) is 0 Å². The zero-order chi connectivity index (χ0) is 20.8. The van der Waals surface area contributed by atoms with Crippen LogP contribution in [0.1, 0.15) is 21.7 Å². The van der Waals surface area contributed by atoms with Gasteiger partial charge in [-0.3, -0.25) is 0 Å². The van der Waals surface area contributed by atoms with Gasteiger partial charge >= 0.3 is 5.97 Å². The molecular weight excluding hydrogens is 438 g/mol. The first kappa shape index (κ1) is 20.5. The fourth-order valence-corrected chi connectivity index (χ4v) is 2.83. The molecule has 0 amide bonds. The third kappa shape index (κ3) is 5.41. The first-order valence-corrected chi connectivity index (χ1v) is 9.53. The minimum atomic E-state index is -0.543. The quantitative estimate of drug-likeness (QED) is 0.539. The van der Waals surface area contributed by atoms with E-state index in [0.29, 0.717) is 23.9 Å². The minimum Gasteiger partial charge on any atom is -0.488 e. The average molecular weight is 458 g/mol. The van der Waals surface area contributed by atoms with Crippen LogP contribution in [-0.4, -0.2) is 35.0 Å². The van der Waals surface area contributed by atoms with Gasteiger partial charge in [0.2, 0.25) is 11.9 Å². The second-order valence-corrected chi connectivity index (χ2v) is 7.11. The Morgan fingerprint density at radius 1 is 1.03 bits per heavy atom. The van der Waals surface area contributed by atoms with Crippen molar-refractivity contribution in [1.82, 2.24) is 15.0 Å². The summed E-state index contributed by atoms with van der Waals surface area (Å²) in [5.41, 5.74) is 6.97. The van der Waals surface area contributed by atoms with Crippen molar-refractivity contribution in [2.45, 2.75) is 13.2 Å². The maximum absolute atomic E-state index is 12.6. The summed E-state index contributed by atoms with van der Waals surface area (Å²) in [4.78, 5) is 26.5. The minimum absolute atomic E-state index is 0.0620. The van der Waals surface area contributed by atoms with Gasteiger partial charge in [0.25, 0.3) is 0 Å². The Kier molecular flexibility index (Phi) is 6.61. The summed E-state index contributed by atoms with van der Waals surface area (Å²) in [6, 6.07) is 14.6. The standard InChI is InChI=1S/C20H20BrN5O3/c1-26(2)20-24-17(23-19(22)25-20)12-29-18(27)14-8-4-6-10-16(14)28-11-13-7-3-5-9-15(13)21/h3-10H,11-12H2,1-2H3,(H2,22,23,24,25). The van der Waals surface area contributed by atoms with Crippen LogP contribution in [0.15, 0.2) is 53.0 Å². The summed E-state index contributed by atoms with van der Waals surface area (Å²) >= 11 is 3.49. The van der Waals surface area contributed by atoms with E-state index in [1.165, 1.54) is 0 Å². The number of anilines is 2. The number of rotatable bonds is 7. The number of benzene rings is 2. The molecule has 2 N–H and O–H groups in total. The lowest BCUT2D eigenvalue weighted by Crippen LogP contribution is -2.17. The number of nitrogens with two attached hydrogens (primary N) is 1. The fourth-order valence-electron chi connectivity index (χ4n) is 2.43. The van der Waals surface area contributed by atoms with Crippen LogP contribution in [0.25, 0.3) is 0 Å². The molecule has 150 valence electrons. The van der Waals surface area contributed by atoms with E-state index in [1.807, 2.05) is 24.3 Å². The lowest BCUT2D eigenvalue weighted by atomic mass is 10.2. The molecule has 8 nitrogen and oxygen atoms in total. The zero-order valence-corrected chi connectivity index (χ0v) is 17.6. The number of esters is 1. The molecule has 0 aliphatic heterocycles. The van der Waals surface area contributed by atoms with Crippen molar-refractivity contribution in [2.75, 3.05) is 24.7 Å². The molecule has 0 aliphatic rings. The number of nitrogens with zero attached hydrogens (tertiary/aromatic N) is 4. The van der Waals surface area contributed by atoms with Crippen LogP contribution in [-0.2, 0) is 18.0 Å². The molecule has 0 bridgehead atoms. The number of hydrogen-bond donors (Lipinski definition) is 1. The summed E-state index contributed by atoms with van der Waals surface area (Å²) in [7, 11) is 3.56. The largest absolute Gasteiger partial charge is 0.488 e. The van der Waals surface area contributed by atoms with Gasteiger partial charge in [-0.05, 0) is 18.2 Å². The predicted molar refractivity (Wildman–Crippen MR) is 113 cm³/mol. The third-order valence-corrected chi connectivity index (χ3v) is 4.64. The summed E-state index contributed by atoms with van der Waals surface area (Å²) in [6.07, 6.45) is 0. The van der Waals surface area contributed by atoms with Crippen molar-refractivity contribution < 1.29 is 14.3 Å². The first-order valence-electron chi connectivity index (χ1n) is 8.74. The van der Waals surface area contributed by atoms with Crippen LogP contribution in [0, 0.1) is 0 Å². The van der Waals surface area contributed by atoms with E-state index in [-0.39, 0.29) is 18.4 Å². The van der Waals surface area contributed by atoms with E-state index in [1.54, 1.807) is 43.3 Å². The van der Waals surface area contributed by atoms with Gasteiger partial charge < -0.3 is 20.1 Å². The van der Waals surface area contributed by atoms with Crippen LogP contribution in [0.3, 0.4) is 0 Å². The Labute approximate surface area is 176 Å². The molecule has 0 aliphatic carbocycles. The van der Waals surface area contributed by atoms with Gasteiger partial charge in [-0.2, -0.15) is 15.0 Å². The number of nitrogen functional groups attached to an aromatic ring is 1. The molecule has 2 aromatic carbocycles. The van der Waals surface area contributed by atoms with Gasteiger partial charge in [0.1, 0.15) is 17.9 Å². The van der Waals surface area contributed by atoms with E-state index in [2.05, 4.69) is 30.9 Å². The average Bonchev–Trinajstić information content (AvgIpc) is 2.71. The van der Waals surface area contributed by atoms with Crippen molar-refractivity contribution in [3.8, 4) is 5.75 Å². The molecule has 1 aromatic heterocycles. The summed E-state index contributed by atoms with van der Waals surface area (Å²) in [6.45, 7) is 0.173. The molecule has 3 rings (SSSR count). The van der Waals surface area contributed by atoms with E-state index in [9.17, 15) is 4.79 Å². The highest BCUT2D eigenvalue weighted by Gasteiger charge is 2.16. The summed E-state index contributed by atoms with van der Waals surface area (Å²) < 4.78 is 12.1. The van der Waals surface area contributed by atoms with Gasteiger partial charge in [0.15, 0.2) is 12.4 Å². The topological polar surface area (TPSA) is 103 Å². The molecule has 1 heterocycles. The van der Waals surface area contributed by atoms with E-state index >= 15 is 0 Å². The molecule has 0 saturated heterocycles. The van der Waals surface area contributed by atoms with Crippen molar-refractivity contribution in [2.24, 2.45) is 0 Å². The molecule has 0 atom stereocenters. The molecule has 0 unspecified atom stereocenters. The van der Waals surface area contributed by atoms with E-state index in [4.69, 9.17) is 15.2 Å². The van der Waals surface area contributed by atoms with Crippen LogP contribution in [0.4, 0.5) is 11.9 Å². The SMILES string of the molecule is CN(C)c1nc(N)nc(COC(=O)c2ccccc2OCc2ccccc2Br)n1. The van der Waals surface area contributed by atoms with Crippen LogP contribution in [0.5, 0.6) is 5.75 Å². The maximum atomic E-state index is 12.6. The molecule has 0 saturated carbocycles. The number of carbonyl (C=O) groups is 1. The molecule has 29 heavy (non-hydrogen) atoms. The fraction of sp³-hybridized carbons (Fsp3) is 0.200. The van der Waals surface area contributed by atoms with Gasteiger partial charge in [0, 0.05) is 24.1 Å². The molecule has 0 spiro atoms. The lowest BCUT2D eigenvalue weighted by Gasteiger charge is -2.13. The van der Waals surface area contributed by atoms with E-state index < -0.39 is 5.97 Å². The highest BCUT2D eigenvalue weighted by Crippen LogP contribution is 2.23. The normalized spacial score (nSPS) is 10.4. The lowest BCUT2D eigenvalue weighted by molar-refractivity contribution is 0.0457. The molecule has 0 fully saturated rings. The monoisotopic (exact) mass is 457 g/mol. The van der Waals surface area contributed by atoms with E-state index in [0.717, 1.165) is 10.0 Å². The van der Waals surface area contributed by atoms with Crippen molar-refractivity contribution in [3.05, 3.63) is 70.0 Å². The summed E-state index contributed by atoms with van der Waals surface area (Å²) in [5.74, 6) is 0.601. The number of halogens is 1. The van der Waals surface area contributed by atoms with Crippen LogP contribution < -0.4 is 15.4 Å². The number of para-hydroxylation sites is 1. The van der Waals surface area contributed by atoms with Crippen LogP contribution in [0.2, 0.25) is 0 Å². The number of carbonyl (C=O) groups excluding carboxylic acids is 1. The van der Waals surface area contributed by atoms with Gasteiger partial charge in [-0.25, -0.2) is 4.79 Å². The smallest absolute Gasteiger partial charge is 0.342 e. The van der Waals surface area contributed by atoms with Gasteiger partial charge in [-0.15, -0.1) is 0 Å². The number of aromatic nitrogens is 3. The zero-order valence-electron chi connectivity index (χ0n) is 16.0. The van der Waals surface area contributed by atoms with Gasteiger partial charge in [-0.1, -0.05) is 46.3 Å². The second-order valence-electron chi connectivity index (χ2n) is 6.26. The molecule has 0 radical (unpaired) electrons. The Hall–Kier alpha value is -3.20. The van der Waals surface area contributed by atoms with Crippen molar-refractivity contribution >= 4 is 33.8 Å². The maximum Gasteiger partial charge on any atom is 0.342 e. The first-order chi connectivity index (χ1) is 13.9. The van der Waals surface area contributed by atoms with Crippen molar-refractivity contribution in [3.63, 3.8) is 0 Å². The number of ether oxygens (including phenoxy) is 2. The second kappa shape index (κ2) is 9.33. The molecule has 3 aromatic rings. The Morgan fingerprint density at radius 3 is 2.52 bits per heavy atom. The molecule has 9 heteroatoms. The predicted octanol–water partition coefficient (Wildman–Crippen LogP) is 3.22. The Bertz CT molecular complexity index is 1010. The molecular formula is C20H20BrN5O3. The number of hydrogen-bond acceptors (Lipinski definition) is 8. The highest BCUT2D eigenvalue weighted by molar-refractivity contribution is 9.10. The Balaban J connectivity index is 1.69.